The summed E-state index contributed by atoms with van der Waals surface area (Å²) in [6, 6.07) is 16.2. The van der Waals surface area contributed by atoms with Crippen molar-refractivity contribution in [2.45, 2.75) is 19.8 Å². The molecule has 1 amide bonds. The Balaban J connectivity index is 1.77. The second kappa shape index (κ2) is 9.22. The van der Waals surface area contributed by atoms with Crippen LogP contribution in [-0.2, 0) is 19.1 Å². The van der Waals surface area contributed by atoms with Crippen molar-refractivity contribution >= 4 is 23.3 Å². The van der Waals surface area contributed by atoms with Crippen molar-refractivity contribution < 1.29 is 23.9 Å². The number of esters is 1. The molecule has 0 bridgehead atoms. The molecule has 0 fully saturated rings. The summed E-state index contributed by atoms with van der Waals surface area (Å²) in [5.41, 5.74) is 0.560. The first kappa shape index (κ1) is 18.2. The molecule has 25 heavy (non-hydrogen) atoms. The zero-order valence-corrected chi connectivity index (χ0v) is 13.9. The third kappa shape index (κ3) is 6.87. The molecule has 0 heterocycles. The zero-order chi connectivity index (χ0) is 18.1. The summed E-state index contributed by atoms with van der Waals surface area (Å²) in [5, 5.41) is 2.61. The van der Waals surface area contributed by atoms with E-state index in [4.69, 9.17) is 9.47 Å². The van der Waals surface area contributed by atoms with E-state index in [-0.39, 0.29) is 25.2 Å². The lowest BCUT2D eigenvalue weighted by molar-refractivity contribution is -0.148. The number of carbonyl (C=O) groups is 3. The van der Waals surface area contributed by atoms with Gasteiger partial charge in [-0.3, -0.25) is 9.59 Å². The van der Waals surface area contributed by atoms with Crippen LogP contribution in [0.15, 0.2) is 54.6 Å². The first-order valence-corrected chi connectivity index (χ1v) is 7.81. The Kier molecular flexibility index (Phi) is 6.71. The maximum absolute atomic E-state index is 11.7. The van der Waals surface area contributed by atoms with Crippen LogP contribution < -0.4 is 10.1 Å². The molecule has 0 aliphatic rings. The SMILES string of the molecule is CC(=O)CCC(=O)OCC(=O)Nc1ccc(Oc2ccccc2)cc1. The Morgan fingerprint density at radius 2 is 1.52 bits per heavy atom. The van der Waals surface area contributed by atoms with Gasteiger partial charge in [-0.2, -0.15) is 0 Å². The van der Waals surface area contributed by atoms with Crippen LogP contribution >= 0.6 is 0 Å². The molecule has 0 spiro atoms. The molecule has 2 aromatic rings. The summed E-state index contributed by atoms with van der Waals surface area (Å²) in [6.07, 6.45) is 0.0947. The largest absolute Gasteiger partial charge is 0.457 e. The van der Waals surface area contributed by atoms with Gasteiger partial charge in [0.25, 0.3) is 5.91 Å². The Labute approximate surface area is 145 Å². The molecule has 2 aromatic carbocycles. The number of nitrogens with one attached hydrogen (secondary N) is 1. The number of rotatable bonds is 8. The number of anilines is 1. The van der Waals surface area contributed by atoms with E-state index in [1.807, 2.05) is 30.3 Å². The van der Waals surface area contributed by atoms with E-state index < -0.39 is 11.9 Å². The van der Waals surface area contributed by atoms with Gasteiger partial charge in [0.15, 0.2) is 6.61 Å². The fourth-order valence-corrected chi connectivity index (χ4v) is 1.92. The smallest absolute Gasteiger partial charge is 0.306 e. The van der Waals surface area contributed by atoms with Gasteiger partial charge in [-0.1, -0.05) is 18.2 Å². The molecule has 0 saturated heterocycles. The maximum Gasteiger partial charge on any atom is 0.306 e. The Morgan fingerprint density at radius 1 is 0.880 bits per heavy atom. The highest BCUT2D eigenvalue weighted by Crippen LogP contribution is 2.22. The second-order valence-electron chi connectivity index (χ2n) is 5.35. The molecule has 130 valence electrons. The van der Waals surface area contributed by atoms with Crippen molar-refractivity contribution in [1.82, 2.24) is 0 Å². The normalized spacial score (nSPS) is 9.96. The van der Waals surface area contributed by atoms with Crippen molar-refractivity contribution in [2.24, 2.45) is 0 Å². The van der Waals surface area contributed by atoms with E-state index in [9.17, 15) is 14.4 Å². The van der Waals surface area contributed by atoms with Crippen LogP contribution in [0.1, 0.15) is 19.8 Å². The van der Waals surface area contributed by atoms with Crippen LogP contribution in [0.25, 0.3) is 0 Å². The third-order valence-corrected chi connectivity index (χ3v) is 3.16. The maximum atomic E-state index is 11.7. The summed E-state index contributed by atoms with van der Waals surface area (Å²) in [7, 11) is 0. The number of benzene rings is 2. The van der Waals surface area contributed by atoms with Gasteiger partial charge in [-0.25, -0.2) is 0 Å². The standard InChI is InChI=1S/C19H19NO5/c1-14(21)7-12-19(23)24-13-18(22)20-15-8-10-17(11-9-15)25-16-5-3-2-4-6-16/h2-6,8-11H,7,12-13H2,1H3,(H,20,22). The average Bonchev–Trinajstić information content (AvgIpc) is 2.61. The van der Waals surface area contributed by atoms with E-state index in [2.05, 4.69) is 5.32 Å². The highest BCUT2D eigenvalue weighted by Gasteiger charge is 2.09. The predicted octanol–water partition coefficient (Wildman–Crippen LogP) is 3.33. The van der Waals surface area contributed by atoms with Crippen LogP contribution in [-0.4, -0.2) is 24.3 Å². The lowest BCUT2D eigenvalue weighted by Crippen LogP contribution is -2.21. The third-order valence-electron chi connectivity index (χ3n) is 3.16. The lowest BCUT2D eigenvalue weighted by atomic mass is 10.2. The van der Waals surface area contributed by atoms with E-state index in [0.717, 1.165) is 5.75 Å². The van der Waals surface area contributed by atoms with E-state index >= 15 is 0 Å². The Hall–Kier alpha value is -3.15. The van der Waals surface area contributed by atoms with Gasteiger partial charge >= 0.3 is 5.97 Å². The fourth-order valence-electron chi connectivity index (χ4n) is 1.92. The Morgan fingerprint density at radius 3 is 2.16 bits per heavy atom. The summed E-state index contributed by atoms with van der Waals surface area (Å²) in [4.78, 5) is 33.9. The molecule has 2 rings (SSSR count). The van der Waals surface area contributed by atoms with Crippen LogP contribution in [0.5, 0.6) is 11.5 Å². The highest BCUT2D eigenvalue weighted by atomic mass is 16.5. The van der Waals surface area contributed by atoms with Crippen molar-refractivity contribution in [3.8, 4) is 11.5 Å². The molecule has 6 heteroatoms. The monoisotopic (exact) mass is 341 g/mol. The fraction of sp³-hybridized carbons (Fsp3) is 0.211. The molecule has 6 nitrogen and oxygen atoms in total. The van der Waals surface area contributed by atoms with Gasteiger partial charge in [0.1, 0.15) is 17.3 Å². The van der Waals surface area contributed by atoms with Crippen molar-refractivity contribution in [3.05, 3.63) is 54.6 Å². The van der Waals surface area contributed by atoms with Gasteiger partial charge in [-0.05, 0) is 43.3 Å². The van der Waals surface area contributed by atoms with Gasteiger partial charge in [-0.15, -0.1) is 0 Å². The summed E-state index contributed by atoms with van der Waals surface area (Å²) >= 11 is 0. The van der Waals surface area contributed by atoms with Crippen molar-refractivity contribution in [1.29, 1.82) is 0 Å². The minimum absolute atomic E-state index is 0.0197. The first-order chi connectivity index (χ1) is 12.0. The minimum atomic E-state index is -0.572. The molecule has 0 saturated carbocycles. The molecule has 0 atom stereocenters. The van der Waals surface area contributed by atoms with Crippen molar-refractivity contribution in [3.63, 3.8) is 0 Å². The number of amides is 1. The summed E-state index contributed by atoms with van der Waals surface area (Å²) in [5.74, 6) is 0.237. The lowest BCUT2D eigenvalue weighted by Gasteiger charge is -2.08. The molecular weight excluding hydrogens is 322 g/mol. The number of hydrogen-bond donors (Lipinski definition) is 1. The predicted molar refractivity (Wildman–Crippen MR) is 92.5 cm³/mol. The second-order valence-corrected chi connectivity index (χ2v) is 5.35. The van der Waals surface area contributed by atoms with Crippen molar-refractivity contribution in [2.75, 3.05) is 11.9 Å². The Bertz CT molecular complexity index is 725. The first-order valence-electron chi connectivity index (χ1n) is 7.81. The summed E-state index contributed by atoms with van der Waals surface area (Å²) in [6.45, 7) is 1.00. The molecule has 0 aromatic heterocycles. The van der Waals surface area contributed by atoms with Crippen LogP contribution in [0.2, 0.25) is 0 Å². The molecule has 1 N–H and O–H groups in total. The van der Waals surface area contributed by atoms with E-state index in [1.165, 1.54) is 6.92 Å². The summed E-state index contributed by atoms with van der Waals surface area (Å²) < 4.78 is 10.5. The minimum Gasteiger partial charge on any atom is -0.457 e. The number of Topliss-reactive ketones (excluding diaryl/α,β-unsaturated/α-hetero) is 1. The van der Waals surface area contributed by atoms with Crippen LogP contribution in [0.3, 0.4) is 0 Å². The molecule has 0 aliphatic carbocycles. The molecule has 0 unspecified atom stereocenters. The number of ketones is 1. The van der Waals surface area contributed by atoms with Gasteiger partial charge in [0.05, 0.1) is 6.42 Å². The number of para-hydroxylation sites is 1. The topological polar surface area (TPSA) is 81.7 Å². The van der Waals surface area contributed by atoms with Gasteiger partial charge in [0.2, 0.25) is 0 Å². The van der Waals surface area contributed by atoms with Crippen LogP contribution in [0.4, 0.5) is 5.69 Å². The van der Waals surface area contributed by atoms with E-state index in [0.29, 0.717) is 11.4 Å². The molecule has 0 aliphatic heterocycles. The van der Waals surface area contributed by atoms with Gasteiger partial charge < -0.3 is 19.6 Å². The average molecular weight is 341 g/mol. The number of hydrogen-bond acceptors (Lipinski definition) is 5. The number of carbonyl (C=O) groups excluding carboxylic acids is 3. The zero-order valence-electron chi connectivity index (χ0n) is 13.9. The number of ether oxygens (including phenoxy) is 2. The quantitative estimate of drug-likeness (QED) is 0.745. The highest BCUT2D eigenvalue weighted by molar-refractivity contribution is 5.93. The molecule has 0 radical (unpaired) electrons. The van der Waals surface area contributed by atoms with Crippen LogP contribution in [0, 0.1) is 0 Å². The molecular formula is C19H19NO5. The van der Waals surface area contributed by atoms with E-state index in [1.54, 1.807) is 24.3 Å². The van der Waals surface area contributed by atoms with Gasteiger partial charge in [0, 0.05) is 12.1 Å².